The summed E-state index contributed by atoms with van der Waals surface area (Å²) in [6, 6.07) is 4.68. The highest BCUT2D eigenvalue weighted by atomic mass is 79.9. The highest BCUT2D eigenvalue weighted by Gasteiger charge is 2.17. The van der Waals surface area contributed by atoms with Crippen molar-refractivity contribution in [3.05, 3.63) is 22.2 Å². The second kappa shape index (κ2) is 6.75. The zero-order valence-electron chi connectivity index (χ0n) is 10.3. The number of ether oxygens (including phenoxy) is 2. The number of esters is 1. The van der Waals surface area contributed by atoms with Crippen LogP contribution in [0, 0.1) is 11.3 Å². The van der Waals surface area contributed by atoms with Gasteiger partial charge in [0, 0.05) is 6.07 Å². The van der Waals surface area contributed by atoms with Crippen LogP contribution < -0.4 is 10.1 Å². The van der Waals surface area contributed by atoms with Crippen LogP contribution in [0.4, 0.5) is 5.69 Å². The third-order valence-corrected chi connectivity index (χ3v) is 2.83. The molecular formula is C12H11BrN2O4. The largest absolute Gasteiger partial charge is 0.495 e. The lowest BCUT2D eigenvalue weighted by atomic mass is 10.1. The number of benzene rings is 1. The van der Waals surface area contributed by atoms with E-state index < -0.39 is 11.9 Å². The number of nitrogens with zero attached hydrogens (tertiary/aromatic N) is 1. The molecule has 0 saturated carbocycles. The van der Waals surface area contributed by atoms with Crippen molar-refractivity contribution >= 4 is 33.5 Å². The number of hydrogen-bond donors (Lipinski definition) is 1. The number of carbonyl (C=O) groups excluding carboxylic acids is 2. The van der Waals surface area contributed by atoms with Crippen molar-refractivity contribution < 1.29 is 19.1 Å². The quantitative estimate of drug-likeness (QED) is 0.856. The van der Waals surface area contributed by atoms with Crippen molar-refractivity contribution in [3.63, 3.8) is 0 Å². The number of carbonyl (C=O) groups is 2. The Bertz CT molecular complexity index is 551. The van der Waals surface area contributed by atoms with Crippen LogP contribution in [0.3, 0.4) is 0 Å². The highest BCUT2D eigenvalue weighted by molar-refractivity contribution is 9.10. The first-order valence-electron chi connectivity index (χ1n) is 5.16. The van der Waals surface area contributed by atoms with E-state index >= 15 is 0 Å². The first-order chi connectivity index (χ1) is 9.03. The van der Waals surface area contributed by atoms with Gasteiger partial charge in [-0.05, 0) is 22.0 Å². The summed E-state index contributed by atoms with van der Waals surface area (Å²) in [6.07, 6.45) is -0.307. The van der Waals surface area contributed by atoms with E-state index in [1.54, 1.807) is 6.07 Å². The molecule has 0 aliphatic heterocycles. The van der Waals surface area contributed by atoms with Gasteiger partial charge in [0.1, 0.15) is 12.2 Å². The van der Waals surface area contributed by atoms with Crippen LogP contribution in [0.1, 0.15) is 16.8 Å². The van der Waals surface area contributed by atoms with Crippen molar-refractivity contribution in [2.75, 3.05) is 19.5 Å². The molecular weight excluding hydrogens is 316 g/mol. The van der Waals surface area contributed by atoms with Gasteiger partial charge in [-0.2, -0.15) is 5.26 Å². The summed E-state index contributed by atoms with van der Waals surface area (Å²) >= 11 is 3.24. The molecule has 1 rings (SSSR count). The minimum atomic E-state index is -0.601. The number of nitrogens with one attached hydrogen (secondary N) is 1. The molecule has 7 heteroatoms. The summed E-state index contributed by atoms with van der Waals surface area (Å²) < 4.78 is 10.3. The topological polar surface area (TPSA) is 88.4 Å². The first-order valence-corrected chi connectivity index (χ1v) is 5.95. The van der Waals surface area contributed by atoms with Gasteiger partial charge in [-0.1, -0.05) is 0 Å². The molecule has 1 aromatic rings. The van der Waals surface area contributed by atoms with Gasteiger partial charge >= 0.3 is 5.97 Å². The summed E-state index contributed by atoms with van der Waals surface area (Å²) in [4.78, 5) is 23.0. The van der Waals surface area contributed by atoms with Crippen LogP contribution in [-0.2, 0) is 9.53 Å². The fourth-order valence-electron chi connectivity index (χ4n) is 1.36. The maximum absolute atomic E-state index is 11.6. The molecule has 6 nitrogen and oxygen atoms in total. The van der Waals surface area contributed by atoms with E-state index in [-0.39, 0.29) is 17.7 Å². The number of anilines is 1. The van der Waals surface area contributed by atoms with E-state index in [0.29, 0.717) is 10.2 Å². The smallest absolute Gasteiger partial charge is 0.340 e. The van der Waals surface area contributed by atoms with Crippen LogP contribution in [0.2, 0.25) is 0 Å². The molecule has 0 heterocycles. The fourth-order valence-corrected chi connectivity index (χ4v) is 1.86. The minimum absolute atomic E-state index is 0.168. The van der Waals surface area contributed by atoms with Gasteiger partial charge in [-0.3, -0.25) is 4.79 Å². The summed E-state index contributed by atoms with van der Waals surface area (Å²) in [5, 5.41) is 10.9. The Morgan fingerprint density at radius 3 is 2.63 bits per heavy atom. The maximum atomic E-state index is 11.6. The molecule has 0 spiro atoms. The molecule has 0 bridgehead atoms. The highest BCUT2D eigenvalue weighted by Crippen LogP contribution is 2.32. The van der Waals surface area contributed by atoms with E-state index in [9.17, 15) is 9.59 Å². The van der Waals surface area contributed by atoms with Gasteiger partial charge < -0.3 is 14.8 Å². The van der Waals surface area contributed by atoms with Crippen LogP contribution in [-0.4, -0.2) is 26.1 Å². The molecule has 1 N–H and O–H groups in total. The second-order valence-electron chi connectivity index (χ2n) is 3.41. The molecule has 0 fully saturated rings. The van der Waals surface area contributed by atoms with Crippen molar-refractivity contribution in [2.45, 2.75) is 6.42 Å². The lowest BCUT2D eigenvalue weighted by Crippen LogP contribution is -2.14. The Hall–Kier alpha value is -2.07. The van der Waals surface area contributed by atoms with Gasteiger partial charge in [0.05, 0.1) is 36.0 Å². The third kappa shape index (κ3) is 3.69. The van der Waals surface area contributed by atoms with E-state index in [0.717, 1.165) is 0 Å². The number of rotatable bonds is 4. The number of methoxy groups -OCH3 is 2. The Balaban J connectivity index is 3.21. The van der Waals surface area contributed by atoms with Crippen LogP contribution in [0.15, 0.2) is 16.6 Å². The predicted molar refractivity (Wildman–Crippen MR) is 70.9 cm³/mol. The maximum Gasteiger partial charge on any atom is 0.340 e. The number of amides is 1. The predicted octanol–water partition coefficient (Wildman–Crippen LogP) is 2.10. The van der Waals surface area contributed by atoms with Crippen LogP contribution in [0.5, 0.6) is 5.75 Å². The van der Waals surface area contributed by atoms with Gasteiger partial charge in [-0.25, -0.2) is 4.79 Å². The van der Waals surface area contributed by atoms with Crippen molar-refractivity contribution in [1.82, 2.24) is 0 Å². The van der Waals surface area contributed by atoms with Gasteiger partial charge in [0.2, 0.25) is 5.91 Å². The van der Waals surface area contributed by atoms with Crippen LogP contribution in [0.25, 0.3) is 0 Å². The molecule has 0 unspecified atom stereocenters. The van der Waals surface area contributed by atoms with Crippen molar-refractivity contribution in [2.24, 2.45) is 0 Å². The molecule has 0 atom stereocenters. The minimum Gasteiger partial charge on any atom is -0.495 e. The first kappa shape index (κ1) is 15.0. The Kier molecular flexibility index (Phi) is 5.33. The average Bonchev–Trinajstić information content (AvgIpc) is 2.39. The van der Waals surface area contributed by atoms with Crippen molar-refractivity contribution in [1.29, 1.82) is 5.26 Å². The third-order valence-electron chi connectivity index (χ3n) is 2.21. The Labute approximate surface area is 118 Å². The molecule has 1 aromatic carbocycles. The molecule has 0 aliphatic rings. The lowest BCUT2D eigenvalue weighted by molar-refractivity contribution is -0.115. The summed E-state index contributed by atoms with van der Waals surface area (Å²) in [6.45, 7) is 0. The molecule has 100 valence electrons. The molecule has 0 saturated heterocycles. The van der Waals surface area contributed by atoms with E-state index in [1.165, 1.54) is 26.4 Å². The van der Waals surface area contributed by atoms with Crippen molar-refractivity contribution in [3.8, 4) is 11.8 Å². The normalized spacial score (nSPS) is 9.37. The fraction of sp³-hybridized carbons (Fsp3) is 0.250. The molecule has 0 aliphatic carbocycles. The standard InChI is InChI=1S/C12H11BrN2O4/c1-18-10-6-9(15-11(16)3-4-14)7(5-8(10)13)12(17)19-2/h5-6H,3H2,1-2H3,(H,15,16). The summed E-state index contributed by atoms with van der Waals surface area (Å²) in [7, 11) is 2.69. The number of hydrogen-bond acceptors (Lipinski definition) is 5. The number of halogens is 1. The van der Waals surface area contributed by atoms with E-state index in [2.05, 4.69) is 26.0 Å². The zero-order valence-corrected chi connectivity index (χ0v) is 11.9. The van der Waals surface area contributed by atoms with Crippen LogP contribution >= 0.6 is 15.9 Å². The Morgan fingerprint density at radius 1 is 1.42 bits per heavy atom. The monoisotopic (exact) mass is 326 g/mol. The van der Waals surface area contributed by atoms with Gasteiger partial charge in [0.25, 0.3) is 0 Å². The number of nitriles is 1. The molecule has 1 amide bonds. The zero-order chi connectivity index (χ0) is 14.4. The lowest BCUT2D eigenvalue weighted by Gasteiger charge is -2.12. The summed E-state index contributed by atoms with van der Waals surface area (Å²) in [5.74, 6) is -0.674. The van der Waals surface area contributed by atoms with Gasteiger partial charge in [0.15, 0.2) is 0 Å². The summed E-state index contributed by atoms with van der Waals surface area (Å²) in [5.41, 5.74) is 0.397. The molecule has 0 aromatic heterocycles. The SMILES string of the molecule is COC(=O)c1cc(Br)c(OC)cc1NC(=O)CC#N. The molecule has 19 heavy (non-hydrogen) atoms. The average molecular weight is 327 g/mol. The molecule has 0 radical (unpaired) electrons. The Morgan fingerprint density at radius 2 is 2.11 bits per heavy atom. The van der Waals surface area contributed by atoms with E-state index in [1.807, 2.05) is 0 Å². The van der Waals surface area contributed by atoms with Gasteiger partial charge in [-0.15, -0.1) is 0 Å². The second-order valence-corrected chi connectivity index (χ2v) is 4.26. The van der Waals surface area contributed by atoms with E-state index in [4.69, 9.17) is 10.00 Å².